The predicted molar refractivity (Wildman–Crippen MR) is 135 cm³/mol. The maximum Gasteiger partial charge on any atom is 0.272 e. The molecule has 0 spiro atoms. The second kappa shape index (κ2) is 9.62. The smallest absolute Gasteiger partial charge is 0.272 e. The maximum atomic E-state index is 14.5. The van der Waals surface area contributed by atoms with Gasteiger partial charge in [-0.25, -0.2) is 9.07 Å². The molecule has 0 N–H and O–H groups in total. The standard InChI is InChI=1S/C28H27FN4O2/c1-20-11-13-21(14-12-20)33-26(19-24(30-33)22-7-3-4-8-23(22)29)28(34)32-17-15-31(16-18-32)25-9-5-6-10-27(25)35-2/h3-14,19H,15-18H2,1-2H3. The molecule has 0 saturated carbocycles. The van der Waals surface area contributed by atoms with Crippen LogP contribution in [0.2, 0.25) is 0 Å². The number of carbonyl (C=O) groups excluding carboxylic acids is 1. The van der Waals surface area contributed by atoms with Gasteiger partial charge in [-0.15, -0.1) is 0 Å². The van der Waals surface area contributed by atoms with Crippen molar-refractivity contribution < 1.29 is 13.9 Å². The molecule has 0 atom stereocenters. The van der Waals surface area contributed by atoms with Gasteiger partial charge in [0.25, 0.3) is 5.91 Å². The lowest BCUT2D eigenvalue weighted by molar-refractivity contribution is 0.0737. The third kappa shape index (κ3) is 4.49. The van der Waals surface area contributed by atoms with Gasteiger partial charge >= 0.3 is 0 Å². The van der Waals surface area contributed by atoms with Crippen LogP contribution >= 0.6 is 0 Å². The highest BCUT2D eigenvalue weighted by molar-refractivity contribution is 5.94. The summed E-state index contributed by atoms with van der Waals surface area (Å²) in [5.41, 5.74) is 4.10. The van der Waals surface area contributed by atoms with E-state index in [-0.39, 0.29) is 11.7 Å². The summed E-state index contributed by atoms with van der Waals surface area (Å²) in [6, 6.07) is 23.9. The highest BCUT2D eigenvalue weighted by Crippen LogP contribution is 2.29. The quantitative estimate of drug-likeness (QED) is 0.414. The largest absolute Gasteiger partial charge is 0.495 e. The van der Waals surface area contributed by atoms with Crippen molar-refractivity contribution >= 4 is 11.6 Å². The molecule has 0 bridgehead atoms. The molecule has 0 unspecified atom stereocenters. The molecule has 2 heterocycles. The van der Waals surface area contributed by atoms with Gasteiger partial charge in [0.2, 0.25) is 0 Å². The van der Waals surface area contributed by atoms with Crippen molar-refractivity contribution in [3.8, 4) is 22.7 Å². The minimum absolute atomic E-state index is 0.125. The number of aromatic nitrogens is 2. The molecule has 1 saturated heterocycles. The summed E-state index contributed by atoms with van der Waals surface area (Å²) in [4.78, 5) is 17.7. The predicted octanol–water partition coefficient (Wildman–Crippen LogP) is 4.96. The average Bonchev–Trinajstić information content (AvgIpc) is 3.34. The van der Waals surface area contributed by atoms with Crippen molar-refractivity contribution in [2.24, 2.45) is 0 Å². The Kier molecular flexibility index (Phi) is 6.23. The molecule has 1 fully saturated rings. The number of ether oxygens (including phenoxy) is 1. The number of nitrogens with zero attached hydrogens (tertiary/aromatic N) is 4. The molecule has 3 aromatic carbocycles. The van der Waals surface area contributed by atoms with Gasteiger partial charge in [-0.1, -0.05) is 42.0 Å². The van der Waals surface area contributed by atoms with E-state index >= 15 is 0 Å². The first-order valence-electron chi connectivity index (χ1n) is 11.6. The topological polar surface area (TPSA) is 50.6 Å². The third-order valence-corrected chi connectivity index (χ3v) is 6.35. The SMILES string of the molecule is COc1ccccc1N1CCN(C(=O)c2cc(-c3ccccc3F)nn2-c2ccc(C)cc2)CC1. The molecular formula is C28H27FN4O2. The number of anilines is 1. The minimum Gasteiger partial charge on any atom is -0.495 e. The molecule has 4 aromatic rings. The second-order valence-corrected chi connectivity index (χ2v) is 8.59. The minimum atomic E-state index is -0.370. The molecule has 1 amide bonds. The summed E-state index contributed by atoms with van der Waals surface area (Å²) in [6.07, 6.45) is 0. The number of benzene rings is 3. The Morgan fingerprint density at radius 2 is 1.60 bits per heavy atom. The Bertz CT molecular complexity index is 1340. The fraction of sp³-hybridized carbons (Fsp3) is 0.214. The number of methoxy groups -OCH3 is 1. The van der Waals surface area contributed by atoms with E-state index in [9.17, 15) is 9.18 Å². The zero-order valence-corrected chi connectivity index (χ0v) is 19.8. The highest BCUT2D eigenvalue weighted by Gasteiger charge is 2.27. The summed E-state index contributed by atoms with van der Waals surface area (Å²) >= 11 is 0. The molecule has 1 aliphatic heterocycles. The number of piperazine rings is 1. The third-order valence-electron chi connectivity index (χ3n) is 6.35. The van der Waals surface area contributed by atoms with Crippen LogP contribution in [0.3, 0.4) is 0 Å². The Hall–Kier alpha value is -4.13. The van der Waals surface area contributed by atoms with Gasteiger partial charge in [-0.05, 0) is 49.4 Å². The van der Waals surface area contributed by atoms with E-state index in [1.165, 1.54) is 6.07 Å². The molecule has 0 radical (unpaired) electrons. The summed E-state index contributed by atoms with van der Waals surface area (Å²) in [5, 5.41) is 4.64. The molecule has 1 aliphatic rings. The summed E-state index contributed by atoms with van der Waals surface area (Å²) in [5.74, 6) is 0.324. The monoisotopic (exact) mass is 470 g/mol. The van der Waals surface area contributed by atoms with Crippen molar-refractivity contribution in [2.75, 3.05) is 38.2 Å². The molecule has 35 heavy (non-hydrogen) atoms. The van der Waals surface area contributed by atoms with Crippen LogP contribution in [0.5, 0.6) is 5.75 Å². The Labute approximate surface area is 204 Å². The highest BCUT2D eigenvalue weighted by atomic mass is 19.1. The van der Waals surface area contributed by atoms with Crippen LogP contribution in [0.25, 0.3) is 16.9 Å². The number of halogens is 1. The zero-order chi connectivity index (χ0) is 24.4. The summed E-state index contributed by atoms with van der Waals surface area (Å²) in [7, 11) is 1.66. The van der Waals surface area contributed by atoms with E-state index in [1.807, 2.05) is 60.4 Å². The van der Waals surface area contributed by atoms with Crippen molar-refractivity contribution in [2.45, 2.75) is 6.92 Å². The van der Waals surface area contributed by atoms with Crippen LogP contribution in [0, 0.1) is 12.7 Å². The number of hydrogen-bond donors (Lipinski definition) is 0. The lowest BCUT2D eigenvalue weighted by Gasteiger charge is -2.36. The number of aryl methyl sites for hydroxylation is 1. The van der Waals surface area contributed by atoms with E-state index in [2.05, 4.69) is 10.00 Å². The summed E-state index contributed by atoms with van der Waals surface area (Å²) < 4.78 is 21.7. The fourth-order valence-electron chi connectivity index (χ4n) is 4.42. The van der Waals surface area contributed by atoms with Crippen molar-refractivity contribution in [3.05, 3.63) is 95.9 Å². The zero-order valence-electron chi connectivity index (χ0n) is 19.8. The number of rotatable bonds is 5. The molecule has 0 aliphatic carbocycles. The van der Waals surface area contributed by atoms with Crippen LogP contribution in [0.15, 0.2) is 78.9 Å². The van der Waals surface area contributed by atoms with E-state index in [0.29, 0.717) is 43.1 Å². The summed E-state index contributed by atoms with van der Waals surface area (Å²) in [6.45, 7) is 4.50. The van der Waals surface area contributed by atoms with Gasteiger partial charge in [0, 0.05) is 31.7 Å². The van der Waals surface area contributed by atoms with Gasteiger partial charge in [-0.2, -0.15) is 5.10 Å². The molecule has 6 nitrogen and oxygen atoms in total. The Morgan fingerprint density at radius 1 is 0.914 bits per heavy atom. The van der Waals surface area contributed by atoms with E-state index in [1.54, 1.807) is 36.1 Å². The van der Waals surface area contributed by atoms with Gasteiger partial charge in [0.1, 0.15) is 17.3 Å². The van der Waals surface area contributed by atoms with Crippen molar-refractivity contribution in [1.29, 1.82) is 0 Å². The van der Waals surface area contributed by atoms with E-state index < -0.39 is 0 Å². The van der Waals surface area contributed by atoms with Gasteiger partial charge in [0.05, 0.1) is 24.2 Å². The first-order chi connectivity index (χ1) is 17.0. The fourth-order valence-corrected chi connectivity index (χ4v) is 4.42. The van der Waals surface area contributed by atoms with Crippen LogP contribution in [0.4, 0.5) is 10.1 Å². The Morgan fingerprint density at radius 3 is 2.31 bits per heavy atom. The van der Waals surface area contributed by atoms with Crippen molar-refractivity contribution in [3.63, 3.8) is 0 Å². The number of carbonyl (C=O) groups is 1. The molecule has 178 valence electrons. The first-order valence-corrected chi connectivity index (χ1v) is 11.6. The van der Waals surface area contributed by atoms with E-state index in [4.69, 9.17) is 4.74 Å². The van der Waals surface area contributed by atoms with Crippen LogP contribution in [-0.2, 0) is 0 Å². The molecule has 7 heteroatoms. The molecule has 1 aromatic heterocycles. The molecular weight excluding hydrogens is 443 g/mol. The number of amides is 1. The Balaban J connectivity index is 1.44. The lowest BCUT2D eigenvalue weighted by Crippen LogP contribution is -2.49. The van der Waals surface area contributed by atoms with Crippen LogP contribution in [0.1, 0.15) is 16.1 Å². The van der Waals surface area contributed by atoms with Gasteiger partial charge in [-0.3, -0.25) is 4.79 Å². The van der Waals surface area contributed by atoms with E-state index in [0.717, 1.165) is 22.7 Å². The van der Waals surface area contributed by atoms with Crippen molar-refractivity contribution in [1.82, 2.24) is 14.7 Å². The van der Waals surface area contributed by atoms with Gasteiger partial charge < -0.3 is 14.5 Å². The average molecular weight is 471 g/mol. The van der Waals surface area contributed by atoms with Gasteiger partial charge in [0.15, 0.2) is 0 Å². The van der Waals surface area contributed by atoms with Crippen LogP contribution < -0.4 is 9.64 Å². The molecule has 5 rings (SSSR count). The lowest BCUT2D eigenvalue weighted by atomic mass is 10.1. The first kappa shape index (κ1) is 22.7. The number of hydrogen-bond acceptors (Lipinski definition) is 4. The normalized spacial score (nSPS) is 13.7. The second-order valence-electron chi connectivity index (χ2n) is 8.59. The number of para-hydroxylation sites is 2. The maximum absolute atomic E-state index is 14.5. The van der Waals surface area contributed by atoms with Crippen LogP contribution in [-0.4, -0.2) is 53.9 Å².